The van der Waals surface area contributed by atoms with Crippen molar-refractivity contribution in [2.24, 2.45) is 10.9 Å². The molecule has 0 aliphatic carbocycles. The molecule has 2 heteroatoms. The molecule has 20 heavy (non-hydrogen) atoms. The van der Waals surface area contributed by atoms with Gasteiger partial charge in [-0.05, 0) is 49.4 Å². The normalized spacial score (nSPS) is 13.8. The molecule has 108 valence electrons. The molecule has 2 nitrogen and oxygen atoms in total. The van der Waals surface area contributed by atoms with Crippen molar-refractivity contribution in [1.82, 2.24) is 5.32 Å². The fourth-order valence-electron chi connectivity index (χ4n) is 2.37. The predicted octanol–water partition coefficient (Wildman–Crippen LogP) is 3.40. The summed E-state index contributed by atoms with van der Waals surface area (Å²) >= 11 is 0. The first-order valence-corrected chi connectivity index (χ1v) is 7.24. The minimum absolute atomic E-state index is 0.519. The van der Waals surface area contributed by atoms with Crippen LogP contribution in [0.4, 0.5) is 0 Å². The molecule has 1 aromatic carbocycles. The first kappa shape index (κ1) is 16.5. The zero-order valence-corrected chi connectivity index (χ0v) is 13.3. The Morgan fingerprint density at radius 1 is 1.35 bits per heavy atom. The molecule has 0 saturated carbocycles. The SMILES string of the molecule is CN=CC(C)CC(C)c1ccc(C#CCNC)c(C)c1. The number of hydrogen-bond donors (Lipinski definition) is 1. The molecule has 0 amide bonds. The van der Waals surface area contributed by atoms with Gasteiger partial charge in [0.25, 0.3) is 0 Å². The van der Waals surface area contributed by atoms with Crippen LogP contribution in [0.1, 0.15) is 42.9 Å². The highest BCUT2D eigenvalue weighted by atomic mass is 14.8. The topological polar surface area (TPSA) is 24.4 Å². The Morgan fingerprint density at radius 2 is 2.10 bits per heavy atom. The van der Waals surface area contributed by atoms with E-state index in [0.29, 0.717) is 11.8 Å². The van der Waals surface area contributed by atoms with Crippen molar-refractivity contribution in [3.63, 3.8) is 0 Å². The molecular formula is C18H26N2. The smallest absolute Gasteiger partial charge is 0.0577 e. The van der Waals surface area contributed by atoms with Crippen LogP contribution in [-0.2, 0) is 0 Å². The molecule has 0 bridgehead atoms. The van der Waals surface area contributed by atoms with Gasteiger partial charge in [0.15, 0.2) is 0 Å². The van der Waals surface area contributed by atoms with Crippen LogP contribution in [0.25, 0.3) is 0 Å². The third kappa shape index (κ3) is 5.19. The standard InChI is InChI=1S/C18H26N2/c1-14(13-20-5)11-15(2)18-9-8-17(16(3)12-18)7-6-10-19-4/h8-9,12-15,19H,10-11H2,1-5H3. The second-order valence-corrected chi connectivity index (χ2v) is 5.43. The van der Waals surface area contributed by atoms with Gasteiger partial charge in [-0.25, -0.2) is 0 Å². The van der Waals surface area contributed by atoms with Gasteiger partial charge in [0, 0.05) is 18.8 Å². The highest BCUT2D eigenvalue weighted by molar-refractivity contribution is 5.60. The van der Waals surface area contributed by atoms with E-state index >= 15 is 0 Å². The van der Waals surface area contributed by atoms with E-state index in [2.05, 4.69) is 61.1 Å². The quantitative estimate of drug-likeness (QED) is 0.643. The molecule has 0 radical (unpaired) electrons. The lowest BCUT2D eigenvalue weighted by Crippen LogP contribution is -2.05. The van der Waals surface area contributed by atoms with E-state index in [-0.39, 0.29) is 0 Å². The number of hydrogen-bond acceptors (Lipinski definition) is 2. The van der Waals surface area contributed by atoms with E-state index in [4.69, 9.17) is 0 Å². The van der Waals surface area contributed by atoms with Crippen LogP contribution in [0.15, 0.2) is 23.2 Å². The second kappa shape index (κ2) is 8.55. The first-order valence-electron chi connectivity index (χ1n) is 7.24. The van der Waals surface area contributed by atoms with Crippen LogP contribution >= 0.6 is 0 Å². The maximum Gasteiger partial charge on any atom is 0.0577 e. The Hall–Kier alpha value is -1.59. The lowest BCUT2D eigenvalue weighted by molar-refractivity contribution is 0.599. The van der Waals surface area contributed by atoms with Crippen LogP contribution in [-0.4, -0.2) is 26.9 Å². The summed E-state index contributed by atoms with van der Waals surface area (Å²) < 4.78 is 0. The monoisotopic (exact) mass is 270 g/mol. The summed E-state index contributed by atoms with van der Waals surface area (Å²) in [6.07, 6.45) is 3.16. The lowest BCUT2D eigenvalue weighted by Gasteiger charge is -2.15. The van der Waals surface area contributed by atoms with Gasteiger partial charge < -0.3 is 10.3 Å². The first-order chi connectivity index (χ1) is 9.58. The van der Waals surface area contributed by atoms with Gasteiger partial charge in [0.2, 0.25) is 0 Å². The van der Waals surface area contributed by atoms with Gasteiger partial charge >= 0.3 is 0 Å². The number of nitrogens with zero attached hydrogens (tertiary/aromatic N) is 1. The molecular weight excluding hydrogens is 244 g/mol. The molecule has 1 N–H and O–H groups in total. The van der Waals surface area contributed by atoms with Crippen molar-refractivity contribution < 1.29 is 0 Å². The maximum atomic E-state index is 4.11. The van der Waals surface area contributed by atoms with Crippen molar-refractivity contribution in [3.05, 3.63) is 34.9 Å². The third-order valence-corrected chi connectivity index (χ3v) is 3.44. The van der Waals surface area contributed by atoms with E-state index in [1.807, 2.05) is 20.3 Å². The second-order valence-electron chi connectivity index (χ2n) is 5.43. The zero-order valence-electron chi connectivity index (χ0n) is 13.3. The third-order valence-electron chi connectivity index (χ3n) is 3.44. The molecule has 0 spiro atoms. The van der Waals surface area contributed by atoms with Crippen molar-refractivity contribution >= 4 is 6.21 Å². The van der Waals surface area contributed by atoms with Crippen LogP contribution in [0.3, 0.4) is 0 Å². The van der Waals surface area contributed by atoms with Crippen LogP contribution < -0.4 is 5.32 Å². The average Bonchev–Trinajstić information content (AvgIpc) is 2.41. The van der Waals surface area contributed by atoms with Crippen molar-refractivity contribution in [2.75, 3.05) is 20.6 Å². The highest BCUT2D eigenvalue weighted by Crippen LogP contribution is 2.24. The van der Waals surface area contributed by atoms with Crippen molar-refractivity contribution in [1.29, 1.82) is 0 Å². The summed E-state index contributed by atoms with van der Waals surface area (Å²) in [7, 11) is 3.75. The van der Waals surface area contributed by atoms with Gasteiger partial charge in [-0.1, -0.05) is 37.8 Å². The summed E-state index contributed by atoms with van der Waals surface area (Å²) in [5, 5.41) is 3.03. The Labute approximate surface area is 123 Å². The van der Waals surface area contributed by atoms with E-state index in [9.17, 15) is 0 Å². The Morgan fingerprint density at radius 3 is 2.70 bits per heavy atom. The summed E-state index contributed by atoms with van der Waals surface area (Å²) in [5.41, 5.74) is 3.77. The molecule has 2 atom stereocenters. The summed E-state index contributed by atoms with van der Waals surface area (Å²) in [5.74, 6) is 7.38. The molecule has 1 rings (SSSR count). The van der Waals surface area contributed by atoms with Gasteiger partial charge in [-0.2, -0.15) is 0 Å². The minimum atomic E-state index is 0.519. The molecule has 1 aromatic rings. The Bertz CT molecular complexity index is 506. The highest BCUT2D eigenvalue weighted by Gasteiger charge is 2.10. The fourth-order valence-corrected chi connectivity index (χ4v) is 2.37. The summed E-state index contributed by atoms with van der Waals surface area (Å²) in [6.45, 7) is 7.36. The van der Waals surface area contributed by atoms with Gasteiger partial charge in [-0.15, -0.1) is 0 Å². The maximum absolute atomic E-state index is 4.11. The lowest BCUT2D eigenvalue weighted by atomic mass is 9.90. The van der Waals surface area contributed by atoms with Crippen LogP contribution in [0.2, 0.25) is 0 Å². The number of aryl methyl sites for hydroxylation is 1. The fraction of sp³-hybridized carbons (Fsp3) is 0.500. The van der Waals surface area contributed by atoms with E-state index in [0.717, 1.165) is 18.5 Å². The summed E-state index contributed by atoms with van der Waals surface area (Å²) in [4.78, 5) is 4.11. The zero-order chi connectivity index (χ0) is 15.0. The average molecular weight is 270 g/mol. The molecule has 0 fully saturated rings. The van der Waals surface area contributed by atoms with Crippen molar-refractivity contribution in [2.45, 2.75) is 33.1 Å². The molecule has 0 aliphatic heterocycles. The largest absolute Gasteiger partial charge is 0.309 e. The van der Waals surface area contributed by atoms with Crippen LogP contribution in [0, 0.1) is 24.7 Å². The number of rotatable bonds is 5. The van der Waals surface area contributed by atoms with Crippen LogP contribution in [0.5, 0.6) is 0 Å². The molecule has 0 aromatic heterocycles. The number of aliphatic imine (C=N–C) groups is 1. The van der Waals surface area contributed by atoms with E-state index in [1.165, 1.54) is 11.1 Å². The molecule has 0 heterocycles. The van der Waals surface area contributed by atoms with E-state index in [1.54, 1.807) is 0 Å². The Balaban J connectivity index is 2.79. The molecule has 0 saturated heterocycles. The summed E-state index contributed by atoms with van der Waals surface area (Å²) in [6, 6.07) is 6.61. The number of benzene rings is 1. The van der Waals surface area contributed by atoms with Crippen molar-refractivity contribution in [3.8, 4) is 11.8 Å². The van der Waals surface area contributed by atoms with Gasteiger partial charge in [-0.3, -0.25) is 0 Å². The van der Waals surface area contributed by atoms with Gasteiger partial charge in [0.05, 0.1) is 6.54 Å². The van der Waals surface area contributed by atoms with Gasteiger partial charge in [0.1, 0.15) is 0 Å². The van der Waals surface area contributed by atoms with E-state index < -0.39 is 0 Å². The molecule has 0 aliphatic rings. The number of nitrogens with one attached hydrogen (secondary N) is 1. The predicted molar refractivity (Wildman–Crippen MR) is 88.6 cm³/mol. The Kier molecular flexibility index (Phi) is 7.04. The molecule has 2 unspecified atom stereocenters. The minimum Gasteiger partial charge on any atom is -0.309 e.